The van der Waals surface area contributed by atoms with Gasteiger partial charge in [-0.1, -0.05) is 19.8 Å². The van der Waals surface area contributed by atoms with Crippen molar-refractivity contribution in [3.05, 3.63) is 0 Å². The standard InChI is InChI=1S/C12H20O/c1-2-3-4-9-7-8-11(13)12(9)10-5-6-10/h9-10,12H,2-8H2,1H3. The molecule has 74 valence electrons. The third-order valence-corrected chi connectivity index (χ3v) is 3.70. The highest BCUT2D eigenvalue weighted by atomic mass is 16.1. The first-order chi connectivity index (χ1) is 6.33. The van der Waals surface area contributed by atoms with E-state index >= 15 is 0 Å². The number of rotatable bonds is 4. The Kier molecular flexibility index (Phi) is 2.71. The van der Waals surface area contributed by atoms with Gasteiger partial charge in [0.1, 0.15) is 5.78 Å². The largest absolute Gasteiger partial charge is 0.299 e. The average molecular weight is 180 g/mol. The first-order valence-electron chi connectivity index (χ1n) is 5.85. The van der Waals surface area contributed by atoms with Gasteiger partial charge in [0.2, 0.25) is 0 Å². The van der Waals surface area contributed by atoms with E-state index in [1.54, 1.807) is 0 Å². The molecular weight excluding hydrogens is 160 g/mol. The fourth-order valence-electron chi connectivity index (χ4n) is 2.83. The predicted molar refractivity (Wildman–Crippen MR) is 53.5 cm³/mol. The molecule has 0 saturated heterocycles. The van der Waals surface area contributed by atoms with E-state index in [-0.39, 0.29) is 0 Å². The van der Waals surface area contributed by atoms with Crippen molar-refractivity contribution in [2.45, 2.75) is 51.9 Å². The fraction of sp³-hybridized carbons (Fsp3) is 0.917. The van der Waals surface area contributed by atoms with E-state index in [2.05, 4.69) is 6.92 Å². The molecule has 0 aromatic carbocycles. The molecule has 2 saturated carbocycles. The molecule has 0 aromatic heterocycles. The normalized spacial score (nSPS) is 34.1. The molecule has 2 atom stereocenters. The number of carbonyl (C=O) groups excluding carboxylic acids is 1. The zero-order valence-electron chi connectivity index (χ0n) is 8.59. The van der Waals surface area contributed by atoms with Gasteiger partial charge >= 0.3 is 0 Å². The third-order valence-electron chi connectivity index (χ3n) is 3.70. The lowest BCUT2D eigenvalue weighted by Crippen LogP contribution is -2.16. The Labute approximate surface area is 80.9 Å². The summed E-state index contributed by atoms with van der Waals surface area (Å²) in [6.45, 7) is 2.24. The van der Waals surface area contributed by atoms with Gasteiger partial charge in [0.05, 0.1) is 0 Å². The van der Waals surface area contributed by atoms with Gasteiger partial charge in [-0.2, -0.15) is 0 Å². The van der Waals surface area contributed by atoms with Crippen LogP contribution in [0.2, 0.25) is 0 Å². The molecule has 0 spiro atoms. The number of unbranched alkanes of at least 4 members (excludes halogenated alkanes) is 1. The molecule has 2 unspecified atom stereocenters. The molecule has 0 aliphatic heterocycles. The van der Waals surface area contributed by atoms with E-state index in [1.165, 1.54) is 38.5 Å². The lowest BCUT2D eigenvalue weighted by Gasteiger charge is -2.16. The van der Waals surface area contributed by atoms with Crippen molar-refractivity contribution in [2.24, 2.45) is 17.8 Å². The van der Waals surface area contributed by atoms with E-state index < -0.39 is 0 Å². The van der Waals surface area contributed by atoms with Gasteiger partial charge in [0, 0.05) is 12.3 Å². The van der Waals surface area contributed by atoms with Crippen LogP contribution in [0.3, 0.4) is 0 Å². The Balaban J connectivity index is 1.90. The highest BCUT2D eigenvalue weighted by Crippen LogP contribution is 2.47. The average Bonchev–Trinajstić information content (AvgIpc) is 2.88. The Bertz CT molecular complexity index is 193. The summed E-state index contributed by atoms with van der Waals surface area (Å²) < 4.78 is 0. The van der Waals surface area contributed by atoms with Gasteiger partial charge < -0.3 is 0 Å². The maximum Gasteiger partial charge on any atom is 0.136 e. The fourth-order valence-corrected chi connectivity index (χ4v) is 2.83. The second-order valence-corrected chi connectivity index (χ2v) is 4.77. The molecule has 1 heteroatoms. The molecule has 0 radical (unpaired) electrons. The smallest absolute Gasteiger partial charge is 0.136 e. The molecule has 2 aliphatic rings. The second-order valence-electron chi connectivity index (χ2n) is 4.77. The van der Waals surface area contributed by atoms with Crippen molar-refractivity contribution in [2.75, 3.05) is 0 Å². The Morgan fingerprint density at radius 1 is 1.31 bits per heavy atom. The quantitative estimate of drug-likeness (QED) is 0.649. The molecule has 0 bridgehead atoms. The van der Waals surface area contributed by atoms with Crippen LogP contribution in [0.25, 0.3) is 0 Å². The van der Waals surface area contributed by atoms with E-state index in [0.29, 0.717) is 11.7 Å². The molecule has 0 amide bonds. The summed E-state index contributed by atoms with van der Waals surface area (Å²) in [4.78, 5) is 11.6. The number of hydrogen-bond acceptors (Lipinski definition) is 1. The van der Waals surface area contributed by atoms with Crippen molar-refractivity contribution in [3.63, 3.8) is 0 Å². The zero-order valence-corrected chi connectivity index (χ0v) is 8.59. The lowest BCUT2D eigenvalue weighted by atomic mass is 9.87. The number of hydrogen-bond donors (Lipinski definition) is 0. The maximum atomic E-state index is 11.6. The van der Waals surface area contributed by atoms with Gasteiger partial charge in [0.15, 0.2) is 0 Å². The molecular formula is C12H20O. The summed E-state index contributed by atoms with van der Waals surface area (Å²) in [5, 5.41) is 0. The van der Waals surface area contributed by atoms with Crippen LogP contribution in [0.15, 0.2) is 0 Å². The lowest BCUT2D eigenvalue weighted by molar-refractivity contribution is -0.121. The number of Topliss-reactive ketones (excluding diaryl/α,β-unsaturated/α-hetero) is 1. The summed E-state index contributed by atoms with van der Waals surface area (Å²) in [5.41, 5.74) is 0. The summed E-state index contributed by atoms with van der Waals surface area (Å²) in [6.07, 6.45) is 8.65. The highest BCUT2D eigenvalue weighted by Gasteiger charge is 2.43. The van der Waals surface area contributed by atoms with E-state index in [4.69, 9.17) is 0 Å². The highest BCUT2D eigenvalue weighted by molar-refractivity contribution is 5.84. The molecule has 2 rings (SSSR count). The molecule has 0 N–H and O–H groups in total. The Hall–Kier alpha value is -0.330. The predicted octanol–water partition coefficient (Wildman–Crippen LogP) is 3.18. The van der Waals surface area contributed by atoms with Crippen molar-refractivity contribution in [1.29, 1.82) is 0 Å². The van der Waals surface area contributed by atoms with Crippen molar-refractivity contribution >= 4 is 5.78 Å². The molecule has 13 heavy (non-hydrogen) atoms. The van der Waals surface area contributed by atoms with Crippen LogP contribution in [0.4, 0.5) is 0 Å². The first-order valence-corrected chi connectivity index (χ1v) is 5.85. The van der Waals surface area contributed by atoms with Crippen LogP contribution in [-0.4, -0.2) is 5.78 Å². The van der Waals surface area contributed by atoms with Crippen molar-refractivity contribution in [1.82, 2.24) is 0 Å². The molecule has 2 fully saturated rings. The third kappa shape index (κ3) is 1.95. The summed E-state index contributed by atoms with van der Waals surface area (Å²) >= 11 is 0. The Morgan fingerprint density at radius 3 is 2.69 bits per heavy atom. The van der Waals surface area contributed by atoms with Gasteiger partial charge in [-0.25, -0.2) is 0 Å². The van der Waals surface area contributed by atoms with Crippen LogP contribution >= 0.6 is 0 Å². The van der Waals surface area contributed by atoms with Gasteiger partial charge in [-0.3, -0.25) is 4.79 Å². The van der Waals surface area contributed by atoms with Gasteiger partial charge in [-0.05, 0) is 37.5 Å². The van der Waals surface area contributed by atoms with Crippen LogP contribution in [0.1, 0.15) is 51.9 Å². The van der Waals surface area contributed by atoms with Crippen LogP contribution in [-0.2, 0) is 4.79 Å². The number of ketones is 1. The van der Waals surface area contributed by atoms with E-state index in [1.807, 2.05) is 0 Å². The minimum absolute atomic E-state index is 0.492. The molecule has 1 nitrogen and oxygen atoms in total. The second kappa shape index (κ2) is 3.81. The van der Waals surface area contributed by atoms with Crippen LogP contribution < -0.4 is 0 Å². The molecule has 0 aromatic rings. The van der Waals surface area contributed by atoms with E-state index in [0.717, 1.165) is 18.3 Å². The van der Waals surface area contributed by atoms with Gasteiger partial charge in [-0.15, -0.1) is 0 Å². The van der Waals surface area contributed by atoms with Gasteiger partial charge in [0.25, 0.3) is 0 Å². The molecule has 2 aliphatic carbocycles. The van der Waals surface area contributed by atoms with Crippen molar-refractivity contribution in [3.8, 4) is 0 Å². The number of carbonyl (C=O) groups is 1. The van der Waals surface area contributed by atoms with E-state index in [9.17, 15) is 4.79 Å². The minimum atomic E-state index is 0.492. The SMILES string of the molecule is CCCCC1CCC(=O)C1C1CC1. The summed E-state index contributed by atoms with van der Waals surface area (Å²) in [7, 11) is 0. The summed E-state index contributed by atoms with van der Waals surface area (Å²) in [6, 6.07) is 0. The Morgan fingerprint density at radius 2 is 2.08 bits per heavy atom. The maximum absolute atomic E-state index is 11.6. The van der Waals surface area contributed by atoms with Crippen LogP contribution in [0.5, 0.6) is 0 Å². The minimum Gasteiger partial charge on any atom is -0.299 e. The first kappa shape index (κ1) is 9.23. The zero-order chi connectivity index (χ0) is 9.26. The monoisotopic (exact) mass is 180 g/mol. The van der Waals surface area contributed by atoms with Crippen molar-refractivity contribution < 1.29 is 4.79 Å². The summed E-state index contributed by atoms with van der Waals surface area (Å²) in [5.74, 6) is 2.65. The molecule has 0 heterocycles. The van der Waals surface area contributed by atoms with Crippen LogP contribution in [0, 0.1) is 17.8 Å². The topological polar surface area (TPSA) is 17.1 Å².